The first-order valence-electron chi connectivity index (χ1n) is 4.32. The fourth-order valence-corrected chi connectivity index (χ4v) is 1.16. The lowest BCUT2D eigenvalue weighted by molar-refractivity contribution is -0.136. The van der Waals surface area contributed by atoms with Gasteiger partial charge in [0.05, 0.1) is 0 Å². The zero-order valence-corrected chi connectivity index (χ0v) is 7.66. The molecule has 0 fully saturated rings. The molecule has 0 aliphatic heterocycles. The largest absolute Gasteiger partial charge is 0.481 e. The summed E-state index contributed by atoms with van der Waals surface area (Å²) in [7, 11) is 0. The van der Waals surface area contributed by atoms with Crippen molar-refractivity contribution in [3.05, 3.63) is 35.1 Å². The van der Waals surface area contributed by atoms with Gasteiger partial charge in [0.15, 0.2) is 0 Å². The van der Waals surface area contributed by atoms with Crippen molar-refractivity contribution in [2.24, 2.45) is 5.73 Å². The van der Waals surface area contributed by atoms with Crippen LogP contribution in [-0.2, 0) is 17.8 Å². The van der Waals surface area contributed by atoms with Crippen LogP contribution in [0.15, 0.2) is 18.2 Å². The molecule has 0 saturated carbocycles. The summed E-state index contributed by atoms with van der Waals surface area (Å²) < 4.78 is 13.2. The standard InChI is InChI=1S/C10H12FNO2/c11-9-5-7(6-12)1-2-8(9)3-4-10(13)14/h1-2,5H,3-4,6,12H2,(H,13,14). The van der Waals surface area contributed by atoms with Gasteiger partial charge >= 0.3 is 5.97 Å². The zero-order chi connectivity index (χ0) is 10.6. The average Bonchev–Trinajstić information content (AvgIpc) is 2.15. The van der Waals surface area contributed by atoms with E-state index in [9.17, 15) is 9.18 Å². The van der Waals surface area contributed by atoms with Gasteiger partial charge in [-0.2, -0.15) is 0 Å². The Bertz CT molecular complexity index is 339. The van der Waals surface area contributed by atoms with E-state index >= 15 is 0 Å². The molecule has 76 valence electrons. The van der Waals surface area contributed by atoms with E-state index in [0.29, 0.717) is 11.1 Å². The number of aliphatic carboxylic acids is 1. The van der Waals surface area contributed by atoms with Gasteiger partial charge in [-0.25, -0.2) is 4.39 Å². The third-order valence-corrected chi connectivity index (χ3v) is 1.96. The molecule has 1 rings (SSSR count). The van der Waals surface area contributed by atoms with Crippen LogP contribution in [0.2, 0.25) is 0 Å². The van der Waals surface area contributed by atoms with Gasteiger partial charge in [-0.1, -0.05) is 12.1 Å². The predicted molar refractivity (Wildman–Crippen MR) is 50.2 cm³/mol. The average molecular weight is 197 g/mol. The van der Waals surface area contributed by atoms with Crippen molar-refractivity contribution in [1.82, 2.24) is 0 Å². The molecule has 0 radical (unpaired) electrons. The molecule has 1 aromatic rings. The Hall–Kier alpha value is -1.42. The van der Waals surface area contributed by atoms with Crippen molar-refractivity contribution in [2.75, 3.05) is 0 Å². The van der Waals surface area contributed by atoms with E-state index in [2.05, 4.69) is 0 Å². The number of hydrogen-bond donors (Lipinski definition) is 2. The van der Waals surface area contributed by atoms with Crippen LogP contribution >= 0.6 is 0 Å². The molecule has 0 heterocycles. The summed E-state index contributed by atoms with van der Waals surface area (Å²) in [4.78, 5) is 10.3. The second kappa shape index (κ2) is 4.72. The van der Waals surface area contributed by atoms with Crippen LogP contribution in [0.25, 0.3) is 0 Å². The van der Waals surface area contributed by atoms with Crippen molar-refractivity contribution >= 4 is 5.97 Å². The number of carboxylic acid groups (broad SMARTS) is 1. The molecule has 4 heteroatoms. The maximum atomic E-state index is 13.2. The minimum Gasteiger partial charge on any atom is -0.481 e. The molecule has 3 N–H and O–H groups in total. The van der Waals surface area contributed by atoms with E-state index in [1.807, 2.05) is 0 Å². The van der Waals surface area contributed by atoms with Crippen molar-refractivity contribution in [2.45, 2.75) is 19.4 Å². The molecule has 0 atom stereocenters. The highest BCUT2D eigenvalue weighted by Crippen LogP contribution is 2.12. The summed E-state index contributed by atoms with van der Waals surface area (Å²) in [5, 5.41) is 8.42. The third kappa shape index (κ3) is 2.81. The van der Waals surface area contributed by atoms with Crippen LogP contribution in [0, 0.1) is 5.82 Å². The number of benzene rings is 1. The highest BCUT2D eigenvalue weighted by Gasteiger charge is 2.05. The fraction of sp³-hybridized carbons (Fsp3) is 0.300. The normalized spacial score (nSPS) is 10.1. The van der Waals surface area contributed by atoms with Gasteiger partial charge in [0, 0.05) is 13.0 Å². The summed E-state index contributed by atoms with van der Waals surface area (Å²) >= 11 is 0. The predicted octanol–water partition coefficient (Wildman–Crippen LogP) is 1.30. The van der Waals surface area contributed by atoms with Crippen LogP contribution < -0.4 is 5.73 Å². The molecule has 14 heavy (non-hydrogen) atoms. The number of nitrogens with two attached hydrogens (primary N) is 1. The summed E-state index contributed by atoms with van der Waals surface area (Å²) in [6.07, 6.45) is 0.158. The highest BCUT2D eigenvalue weighted by molar-refractivity contribution is 5.67. The molecule has 0 saturated heterocycles. The number of hydrogen-bond acceptors (Lipinski definition) is 2. The summed E-state index contributed by atoms with van der Waals surface area (Å²) in [6.45, 7) is 0.288. The van der Waals surface area contributed by atoms with E-state index in [-0.39, 0.29) is 25.2 Å². The fourth-order valence-electron chi connectivity index (χ4n) is 1.16. The SMILES string of the molecule is NCc1ccc(CCC(=O)O)c(F)c1. The van der Waals surface area contributed by atoms with Crippen molar-refractivity contribution in [1.29, 1.82) is 0 Å². The van der Waals surface area contributed by atoms with Gasteiger partial charge in [-0.3, -0.25) is 4.79 Å². The Morgan fingerprint density at radius 2 is 2.21 bits per heavy atom. The smallest absolute Gasteiger partial charge is 0.303 e. The molecule has 0 spiro atoms. The van der Waals surface area contributed by atoms with E-state index in [1.165, 1.54) is 6.07 Å². The molecule has 0 aliphatic carbocycles. The van der Waals surface area contributed by atoms with E-state index in [1.54, 1.807) is 12.1 Å². The minimum atomic E-state index is -0.924. The summed E-state index contributed by atoms with van der Waals surface area (Å²) in [5.41, 5.74) is 6.46. The quantitative estimate of drug-likeness (QED) is 0.764. The Balaban J connectivity index is 2.73. The number of halogens is 1. The van der Waals surface area contributed by atoms with Gasteiger partial charge in [0.25, 0.3) is 0 Å². The summed E-state index contributed by atoms with van der Waals surface area (Å²) in [6, 6.07) is 4.64. The van der Waals surface area contributed by atoms with Gasteiger partial charge in [0.2, 0.25) is 0 Å². The highest BCUT2D eigenvalue weighted by atomic mass is 19.1. The lowest BCUT2D eigenvalue weighted by Crippen LogP contribution is -2.02. The van der Waals surface area contributed by atoms with Gasteiger partial charge in [-0.05, 0) is 23.6 Å². The molecule has 3 nitrogen and oxygen atoms in total. The molecule has 0 aliphatic rings. The number of rotatable bonds is 4. The lowest BCUT2D eigenvalue weighted by Gasteiger charge is -2.03. The first kappa shape index (κ1) is 10.7. The number of aryl methyl sites for hydroxylation is 1. The Morgan fingerprint density at radius 1 is 1.50 bits per heavy atom. The second-order valence-electron chi connectivity index (χ2n) is 3.02. The Kier molecular flexibility index (Phi) is 3.59. The lowest BCUT2D eigenvalue weighted by atomic mass is 10.1. The number of carbonyl (C=O) groups is 1. The summed E-state index contributed by atoms with van der Waals surface area (Å²) in [5.74, 6) is -1.30. The zero-order valence-electron chi connectivity index (χ0n) is 7.66. The van der Waals surface area contributed by atoms with Gasteiger partial charge in [-0.15, -0.1) is 0 Å². The Labute approximate surface area is 81.4 Å². The van der Waals surface area contributed by atoms with Crippen LogP contribution in [0.3, 0.4) is 0 Å². The van der Waals surface area contributed by atoms with E-state index in [0.717, 1.165) is 0 Å². The molecular weight excluding hydrogens is 185 g/mol. The van der Waals surface area contributed by atoms with Crippen LogP contribution in [0.1, 0.15) is 17.5 Å². The van der Waals surface area contributed by atoms with Crippen molar-refractivity contribution < 1.29 is 14.3 Å². The topological polar surface area (TPSA) is 63.3 Å². The van der Waals surface area contributed by atoms with Crippen molar-refractivity contribution in [3.63, 3.8) is 0 Å². The number of carboxylic acids is 1. The minimum absolute atomic E-state index is 0.0567. The third-order valence-electron chi connectivity index (χ3n) is 1.96. The van der Waals surface area contributed by atoms with Crippen LogP contribution in [-0.4, -0.2) is 11.1 Å². The van der Waals surface area contributed by atoms with E-state index in [4.69, 9.17) is 10.8 Å². The van der Waals surface area contributed by atoms with Crippen LogP contribution in [0.4, 0.5) is 4.39 Å². The van der Waals surface area contributed by atoms with Crippen LogP contribution in [0.5, 0.6) is 0 Å². The molecule has 0 amide bonds. The Morgan fingerprint density at radius 3 is 2.71 bits per heavy atom. The first-order valence-corrected chi connectivity index (χ1v) is 4.32. The molecule has 1 aromatic carbocycles. The van der Waals surface area contributed by atoms with Crippen molar-refractivity contribution in [3.8, 4) is 0 Å². The molecule has 0 aromatic heterocycles. The molecular formula is C10H12FNO2. The molecule has 0 unspecified atom stereocenters. The first-order chi connectivity index (χ1) is 6.63. The van der Waals surface area contributed by atoms with Gasteiger partial charge in [0.1, 0.15) is 5.82 Å². The second-order valence-corrected chi connectivity index (χ2v) is 3.02. The van der Waals surface area contributed by atoms with Gasteiger partial charge < -0.3 is 10.8 Å². The van der Waals surface area contributed by atoms with E-state index < -0.39 is 5.97 Å². The maximum Gasteiger partial charge on any atom is 0.303 e. The monoisotopic (exact) mass is 197 g/mol. The molecule has 0 bridgehead atoms. The maximum absolute atomic E-state index is 13.2.